The molecule has 2 aliphatic rings. The van der Waals surface area contributed by atoms with Crippen LogP contribution in [-0.4, -0.2) is 50.7 Å². The van der Waals surface area contributed by atoms with E-state index in [4.69, 9.17) is 9.73 Å². The number of thioether (sulfide) groups is 1. The first-order valence-electron chi connectivity index (χ1n) is 9.24. The van der Waals surface area contributed by atoms with Gasteiger partial charge in [0.1, 0.15) is 5.82 Å². The summed E-state index contributed by atoms with van der Waals surface area (Å²) in [6, 6.07) is 3.42. The van der Waals surface area contributed by atoms with Gasteiger partial charge in [-0.25, -0.2) is 14.2 Å². The number of hydrogen-bond donors (Lipinski definition) is 1. The second-order valence-corrected chi connectivity index (χ2v) is 9.25. The highest BCUT2D eigenvalue weighted by Gasteiger charge is 2.54. The average Bonchev–Trinajstić information content (AvgIpc) is 2.99. The molecule has 1 N–H and O–H groups in total. The zero-order valence-corrected chi connectivity index (χ0v) is 17.5. The fraction of sp³-hybridized carbons (Fsp3) is 0.579. The lowest BCUT2D eigenvalue weighted by Gasteiger charge is -2.42. The molecule has 0 aromatic heterocycles. The second kappa shape index (κ2) is 7.56. The number of amidine groups is 1. The molecule has 1 heterocycles. The number of carbonyl (C=O) groups is 1. The largest absolute Gasteiger partial charge is 0.465 e. The maximum absolute atomic E-state index is 14.9. The van der Waals surface area contributed by atoms with E-state index in [0.717, 1.165) is 12.1 Å². The van der Waals surface area contributed by atoms with Gasteiger partial charge in [0.2, 0.25) is 0 Å². The van der Waals surface area contributed by atoms with Crippen molar-refractivity contribution in [3.8, 4) is 0 Å². The van der Waals surface area contributed by atoms with Gasteiger partial charge < -0.3 is 9.84 Å². The summed E-state index contributed by atoms with van der Waals surface area (Å²) in [7, 11) is 1.58. The maximum Gasteiger partial charge on any atom is 0.413 e. The quantitative estimate of drug-likeness (QED) is 0.574. The fourth-order valence-electron chi connectivity index (χ4n) is 4.21. The third kappa shape index (κ3) is 3.71. The third-order valence-corrected chi connectivity index (χ3v) is 6.60. The summed E-state index contributed by atoms with van der Waals surface area (Å²) >= 11 is 1.29. The highest BCUT2D eigenvalue weighted by Crippen LogP contribution is 2.53. The SMILES string of the molecule is CO[C@H]1CC[C@]2(c3cc([N+](=O)[O-])ccc3F)N=C(N(C(=O)O)C(C)(C)C)SC[C@H]12. The molecule has 29 heavy (non-hydrogen) atoms. The number of halogens is 1. The number of nitrogens with zero attached hydrogens (tertiary/aromatic N) is 3. The Morgan fingerprint density at radius 3 is 2.72 bits per heavy atom. The van der Waals surface area contributed by atoms with Gasteiger partial charge in [-0.05, 0) is 39.7 Å². The van der Waals surface area contributed by atoms with Crippen LogP contribution in [0.5, 0.6) is 0 Å². The highest BCUT2D eigenvalue weighted by atomic mass is 32.2. The molecule has 1 fully saturated rings. The van der Waals surface area contributed by atoms with E-state index in [2.05, 4.69) is 0 Å². The smallest absolute Gasteiger partial charge is 0.413 e. The van der Waals surface area contributed by atoms with Crippen molar-refractivity contribution in [3.05, 3.63) is 39.7 Å². The summed E-state index contributed by atoms with van der Waals surface area (Å²) < 4.78 is 20.5. The van der Waals surface area contributed by atoms with E-state index >= 15 is 0 Å². The van der Waals surface area contributed by atoms with Crippen LogP contribution in [0.2, 0.25) is 0 Å². The average molecular weight is 425 g/mol. The van der Waals surface area contributed by atoms with Crippen molar-refractivity contribution >= 4 is 28.7 Å². The van der Waals surface area contributed by atoms with Gasteiger partial charge in [-0.3, -0.25) is 15.0 Å². The number of non-ortho nitro benzene ring substituents is 1. The molecule has 10 heteroatoms. The Bertz CT molecular complexity index is 872. The molecular weight excluding hydrogens is 401 g/mol. The van der Waals surface area contributed by atoms with E-state index in [-0.39, 0.29) is 28.4 Å². The van der Waals surface area contributed by atoms with Crippen molar-refractivity contribution in [1.29, 1.82) is 0 Å². The van der Waals surface area contributed by atoms with E-state index < -0.39 is 27.9 Å². The molecule has 8 nitrogen and oxygen atoms in total. The van der Waals surface area contributed by atoms with Gasteiger partial charge in [-0.2, -0.15) is 0 Å². The first-order valence-corrected chi connectivity index (χ1v) is 10.2. The van der Waals surface area contributed by atoms with Crippen molar-refractivity contribution in [2.24, 2.45) is 10.9 Å². The first-order chi connectivity index (χ1) is 13.5. The van der Waals surface area contributed by atoms with E-state index in [9.17, 15) is 24.4 Å². The Morgan fingerprint density at radius 2 is 2.17 bits per heavy atom. The molecule has 158 valence electrons. The van der Waals surface area contributed by atoms with Crippen LogP contribution in [0.3, 0.4) is 0 Å². The lowest BCUT2D eigenvalue weighted by molar-refractivity contribution is -0.385. The van der Waals surface area contributed by atoms with Crippen molar-refractivity contribution in [2.45, 2.75) is 50.8 Å². The third-order valence-electron chi connectivity index (χ3n) is 5.54. The number of amides is 1. The number of hydrogen-bond acceptors (Lipinski definition) is 6. The lowest BCUT2D eigenvalue weighted by atomic mass is 9.80. The Balaban J connectivity index is 2.22. The molecule has 1 aromatic carbocycles. The van der Waals surface area contributed by atoms with Gasteiger partial charge in [0.15, 0.2) is 5.17 Å². The monoisotopic (exact) mass is 425 g/mol. The molecule has 1 amide bonds. The number of fused-ring (bicyclic) bond motifs is 1. The van der Waals surface area contributed by atoms with E-state index in [1.54, 1.807) is 27.9 Å². The number of aliphatic imine (C=N–C) groups is 1. The number of ether oxygens (including phenoxy) is 1. The number of rotatable bonds is 3. The fourth-order valence-corrected chi connectivity index (χ4v) is 5.74. The predicted molar refractivity (Wildman–Crippen MR) is 108 cm³/mol. The molecule has 0 saturated heterocycles. The zero-order chi connectivity index (χ0) is 21.6. The van der Waals surface area contributed by atoms with Crippen LogP contribution in [0, 0.1) is 21.8 Å². The van der Waals surface area contributed by atoms with Crippen LogP contribution >= 0.6 is 11.8 Å². The molecule has 0 unspecified atom stereocenters. The highest BCUT2D eigenvalue weighted by molar-refractivity contribution is 8.13. The number of carboxylic acid groups (broad SMARTS) is 1. The van der Waals surface area contributed by atoms with Crippen molar-refractivity contribution in [2.75, 3.05) is 12.9 Å². The Labute approximate surface area is 172 Å². The molecule has 1 saturated carbocycles. The predicted octanol–water partition coefficient (Wildman–Crippen LogP) is 4.24. The van der Waals surface area contributed by atoms with Gasteiger partial charge in [-0.1, -0.05) is 11.8 Å². The second-order valence-electron chi connectivity index (χ2n) is 8.26. The minimum atomic E-state index is -1.15. The minimum absolute atomic E-state index is 0.119. The van der Waals surface area contributed by atoms with E-state index in [0.29, 0.717) is 18.6 Å². The number of benzene rings is 1. The minimum Gasteiger partial charge on any atom is -0.465 e. The molecule has 0 radical (unpaired) electrons. The van der Waals surface area contributed by atoms with Crippen LogP contribution in [-0.2, 0) is 10.3 Å². The topological polar surface area (TPSA) is 105 Å². The molecule has 1 aliphatic heterocycles. The summed E-state index contributed by atoms with van der Waals surface area (Å²) in [5.74, 6) is -0.349. The van der Waals surface area contributed by atoms with E-state index in [1.165, 1.54) is 22.7 Å². The number of nitro benzene ring substituents is 1. The normalized spacial score (nSPS) is 26.6. The summed E-state index contributed by atoms with van der Waals surface area (Å²) in [4.78, 5) is 28.6. The van der Waals surface area contributed by atoms with Crippen LogP contribution in [0.25, 0.3) is 0 Å². The van der Waals surface area contributed by atoms with Crippen LogP contribution in [0.1, 0.15) is 39.2 Å². The van der Waals surface area contributed by atoms with Crippen LogP contribution < -0.4 is 0 Å². The van der Waals surface area contributed by atoms with Gasteiger partial charge in [-0.15, -0.1) is 0 Å². The molecule has 3 rings (SSSR count). The molecular formula is C19H24FN3O5S. The summed E-state index contributed by atoms with van der Waals surface area (Å²) in [5.41, 5.74) is -1.98. The first kappa shape index (κ1) is 21.5. The van der Waals surface area contributed by atoms with Crippen molar-refractivity contribution < 1.29 is 24.0 Å². The van der Waals surface area contributed by atoms with Crippen molar-refractivity contribution in [1.82, 2.24) is 4.90 Å². The van der Waals surface area contributed by atoms with Gasteiger partial charge >= 0.3 is 6.09 Å². The van der Waals surface area contributed by atoms with Gasteiger partial charge in [0, 0.05) is 42.0 Å². The summed E-state index contributed by atoms with van der Waals surface area (Å²) in [6.07, 6.45) is -0.336. The lowest BCUT2D eigenvalue weighted by Crippen LogP contribution is -2.51. The summed E-state index contributed by atoms with van der Waals surface area (Å²) in [5, 5.41) is 21.3. The Kier molecular flexibility index (Phi) is 5.61. The molecule has 0 spiro atoms. The van der Waals surface area contributed by atoms with Crippen LogP contribution in [0.4, 0.5) is 14.9 Å². The van der Waals surface area contributed by atoms with Gasteiger partial charge in [0.05, 0.1) is 16.6 Å². The molecule has 1 aliphatic carbocycles. The van der Waals surface area contributed by atoms with E-state index in [1.807, 2.05) is 0 Å². The molecule has 3 atom stereocenters. The van der Waals surface area contributed by atoms with Gasteiger partial charge in [0.25, 0.3) is 5.69 Å². The van der Waals surface area contributed by atoms with Crippen molar-refractivity contribution in [3.63, 3.8) is 0 Å². The Morgan fingerprint density at radius 1 is 1.48 bits per heavy atom. The standard InChI is InChI=1S/C19H24FN3O5S/c1-18(2,3)22(17(24)25)16-21-19(8-7-15(28-4)13(19)10-29-16)12-9-11(23(26)27)5-6-14(12)20/h5-6,9,13,15H,7-8,10H2,1-4H3,(H,24,25)/t13-,15+,19-/m1/s1. The molecule has 0 bridgehead atoms. The molecule has 1 aromatic rings. The summed E-state index contributed by atoms with van der Waals surface area (Å²) in [6.45, 7) is 5.26. The van der Waals surface area contributed by atoms with Crippen LogP contribution in [0.15, 0.2) is 23.2 Å². The zero-order valence-electron chi connectivity index (χ0n) is 16.7. The maximum atomic E-state index is 14.9. The number of nitro groups is 1. The number of methoxy groups -OCH3 is 1. The Hall–Kier alpha value is -2.20.